The van der Waals surface area contributed by atoms with Crippen LogP contribution in [0.25, 0.3) is 0 Å². The van der Waals surface area contributed by atoms with Gasteiger partial charge in [0.25, 0.3) is 0 Å². The zero-order chi connectivity index (χ0) is 15.4. The molecule has 21 heavy (non-hydrogen) atoms. The van der Waals surface area contributed by atoms with Gasteiger partial charge in [-0.3, -0.25) is 0 Å². The van der Waals surface area contributed by atoms with Crippen molar-refractivity contribution < 1.29 is 14.6 Å². The summed E-state index contributed by atoms with van der Waals surface area (Å²) in [4.78, 5) is 17.5. The van der Waals surface area contributed by atoms with Crippen molar-refractivity contribution in [3.8, 4) is 5.75 Å². The van der Waals surface area contributed by atoms with Crippen molar-refractivity contribution in [3.05, 3.63) is 53.2 Å². The van der Waals surface area contributed by atoms with Crippen LogP contribution in [0, 0.1) is 6.92 Å². The van der Waals surface area contributed by atoms with Gasteiger partial charge in [-0.15, -0.1) is 0 Å². The molecule has 0 unspecified atom stereocenters. The van der Waals surface area contributed by atoms with E-state index in [1.54, 1.807) is 19.2 Å². The minimum atomic E-state index is -0.982. The lowest BCUT2D eigenvalue weighted by atomic mass is 10.1. The molecule has 0 fully saturated rings. The lowest BCUT2D eigenvalue weighted by Crippen LogP contribution is -2.21. The number of aromatic nitrogens is 1. The Morgan fingerprint density at radius 3 is 2.67 bits per heavy atom. The maximum atomic E-state index is 11.3. The highest BCUT2D eigenvalue weighted by molar-refractivity contribution is 5.93. The Balaban J connectivity index is 2.34. The summed E-state index contributed by atoms with van der Waals surface area (Å²) >= 11 is 0. The minimum absolute atomic E-state index is 0.193. The third-order valence-electron chi connectivity index (χ3n) is 3.21. The number of benzene rings is 1. The van der Waals surface area contributed by atoms with E-state index >= 15 is 0 Å². The molecule has 1 aromatic carbocycles. The van der Waals surface area contributed by atoms with E-state index in [-0.39, 0.29) is 5.56 Å². The normalized spacial score (nSPS) is 10.2. The van der Waals surface area contributed by atoms with Crippen molar-refractivity contribution in [2.45, 2.75) is 13.5 Å². The molecule has 1 N–H and O–H groups in total. The lowest BCUT2D eigenvalue weighted by molar-refractivity contribution is 0.0697. The Hall–Kier alpha value is -2.56. The summed E-state index contributed by atoms with van der Waals surface area (Å²) in [6.07, 6.45) is 0. The predicted molar refractivity (Wildman–Crippen MR) is 81.0 cm³/mol. The Bertz CT molecular complexity index is 656. The van der Waals surface area contributed by atoms with E-state index in [1.165, 1.54) is 0 Å². The number of ether oxygens (including phenoxy) is 1. The van der Waals surface area contributed by atoms with Gasteiger partial charge in [0.2, 0.25) is 0 Å². The van der Waals surface area contributed by atoms with Crippen LogP contribution in [0.4, 0.5) is 5.82 Å². The van der Waals surface area contributed by atoms with Crippen LogP contribution in [-0.4, -0.2) is 30.2 Å². The monoisotopic (exact) mass is 286 g/mol. The van der Waals surface area contributed by atoms with Gasteiger partial charge in [-0.25, -0.2) is 9.78 Å². The van der Waals surface area contributed by atoms with Gasteiger partial charge in [-0.2, -0.15) is 0 Å². The van der Waals surface area contributed by atoms with Gasteiger partial charge in [0.05, 0.1) is 7.11 Å². The van der Waals surface area contributed by atoms with Gasteiger partial charge in [-0.1, -0.05) is 18.2 Å². The molecular weight excluding hydrogens is 268 g/mol. The number of aryl methyl sites for hydroxylation is 1. The fourth-order valence-corrected chi connectivity index (χ4v) is 2.16. The van der Waals surface area contributed by atoms with E-state index < -0.39 is 5.97 Å². The molecule has 2 aromatic rings. The van der Waals surface area contributed by atoms with Crippen LogP contribution in [0.3, 0.4) is 0 Å². The first kappa shape index (κ1) is 14.8. The zero-order valence-electron chi connectivity index (χ0n) is 12.3. The number of para-hydroxylation sites is 1. The number of carbonyl (C=O) groups is 1. The number of aromatic carboxylic acids is 1. The number of carboxylic acids is 1. The van der Waals surface area contributed by atoms with E-state index in [0.29, 0.717) is 12.4 Å². The van der Waals surface area contributed by atoms with Gasteiger partial charge in [0.1, 0.15) is 17.1 Å². The molecule has 0 saturated carbocycles. The molecule has 0 aliphatic heterocycles. The molecule has 5 heteroatoms. The van der Waals surface area contributed by atoms with Crippen LogP contribution >= 0.6 is 0 Å². The van der Waals surface area contributed by atoms with E-state index in [1.807, 2.05) is 43.1 Å². The maximum absolute atomic E-state index is 11.3. The molecule has 5 nitrogen and oxygen atoms in total. The number of carboxylic acid groups (broad SMARTS) is 1. The molecule has 110 valence electrons. The molecule has 0 amide bonds. The number of anilines is 1. The van der Waals surface area contributed by atoms with E-state index in [0.717, 1.165) is 17.0 Å². The fourth-order valence-electron chi connectivity index (χ4n) is 2.16. The summed E-state index contributed by atoms with van der Waals surface area (Å²) in [5, 5.41) is 9.28. The Morgan fingerprint density at radius 1 is 1.29 bits per heavy atom. The highest BCUT2D eigenvalue weighted by Crippen LogP contribution is 2.23. The largest absolute Gasteiger partial charge is 0.496 e. The van der Waals surface area contributed by atoms with Gasteiger partial charge < -0.3 is 14.7 Å². The number of nitrogens with zero attached hydrogens (tertiary/aromatic N) is 2. The topological polar surface area (TPSA) is 62.7 Å². The van der Waals surface area contributed by atoms with Crippen molar-refractivity contribution in [1.82, 2.24) is 4.98 Å². The van der Waals surface area contributed by atoms with Gasteiger partial charge in [0.15, 0.2) is 0 Å². The standard InChI is InChI=1S/C16H18N2O3/c1-11-8-9-13(16(19)20)15(17-11)18(2)10-12-6-4-5-7-14(12)21-3/h4-9H,10H2,1-3H3,(H,19,20). The molecule has 0 saturated heterocycles. The molecule has 0 spiro atoms. The summed E-state index contributed by atoms with van der Waals surface area (Å²) in [5.41, 5.74) is 1.95. The quantitative estimate of drug-likeness (QED) is 0.915. The number of pyridine rings is 1. The van der Waals surface area contributed by atoms with Crippen LogP contribution in [0.2, 0.25) is 0 Å². The number of rotatable bonds is 5. The van der Waals surface area contributed by atoms with Gasteiger partial charge in [0, 0.05) is 24.8 Å². The molecule has 0 aliphatic rings. The average molecular weight is 286 g/mol. The van der Waals surface area contributed by atoms with Crippen molar-refractivity contribution >= 4 is 11.8 Å². The number of hydrogen-bond acceptors (Lipinski definition) is 4. The fraction of sp³-hybridized carbons (Fsp3) is 0.250. The Kier molecular flexibility index (Phi) is 4.42. The number of hydrogen-bond donors (Lipinski definition) is 1. The summed E-state index contributed by atoms with van der Waals surface area (Å²) in [7, 11) is 3.44. The predicted octanol–water partition coefficient (Wildman–Crippen LogP) is 2.73. The van der Waals surface area contributed by atoms with Crippen molar-refractivity contribution in [3.63, 3.8) is 0 Å². The summed E-state index contributed by atoms with van der Waals surface area (Å²) in [6, 6.07) is 10.9. The second kappa shape index (κ2) is 6.26. The van der Waals surface area contributed by atoms with Gasteiger partial charge in [-0.05, 0) is 25.1 Å². The molecular formula is C16H18N2O3. The number of methoxy groups -OCH3 is 1. The second-order valence-electron chi connectivity index (χ2n) is 4.80. The molecule has 0 aliphatic carbocycles. The Labute approximate surface area is 123 Å². The average Bonchev–Trinajstić information content (AvgIpc) is 2.47. The van der Waals surface area contributed by atoms with Gasteiger partial charge >= 0.3 is 5.97 Å². The van der Waals surface area contributed by atoms with Crippen LogP contribution in [0.15, 0.2) is 36.4 Å². The molecule has 0 radical (unpaired) electrons. The van der Waals surface area contributed by atoms with E-state index in [4.69, 9.17) is 4.74 Å². The lowest BCUT2D eigenvalue weighted by Gasteiger charge is -2.21. The van der Waals surface area contributed by atoms with E-state index in [2.05, 4.69) is 4.98 Å². The minimum Gasteiger partial charge on any atom is -0.496 e. The second-order valence-corrected chi connectivity index (χ2v) is 4.80. The van der Waals surface area contributed by atoms with Crippen LogP contribution in [0.5, 0.6) is 5.75 Å². The third kappa shape index (κ3) is 3.31. The van der Waals surface area contributed by atoms with Crippen molar-refractivity contribution in [1.29, 1.82) is 0 Å². The van der Waals surface area contributed by atoms with E-state index in [9.17, 15) is 9.90 Å². The van der Waals surface area contributed by atoms with Crippen molar-refractivity contribution in [2.75, 3.05) is 19.1 Å². The molecule has 1 aromatic heterocycles. The molecule has 2 rings (SSSR count). The Morgan fingerprint density at radius 2 is 2.00 bits per heavy atom. The maximum Gasteiger partial charge on any atom is 0.339 e. The molecule has 1 heterocycles. The highest BCUT2D eigenvalue weighted by atomic mass is 16.5. The summed E-state index contributed by atoms with van der Waals surface area (Å²) in [5.74, 6) is 0.242. The van der Waals surface area contributed by atoms with Crippen LogP contribution in [-0.2, 0) is 6.54 Å². The molecule has 0 atom stereocenters. The third-order valence-corrected chi connectivity index (χ3v) is 3.21. The summed E-state index contributed by atoms with van der Waals surface area (Å²) < 4.78 is 5.32. The molecule has 0 bridgehead atoms. The smallest absolute Gasteiger partial charge is 0.339 e. The highest BCUT2D eigenvalue weighted by Gasteiger charge is 2.16. The summed E-state index contributed by atoms with van der Waals surface area (Å²) in [6.45, 7) is 2.35. The SMILES string of the molecule is COc1ccccc1CN(C)c1nc(C)ccc1C(=O)O. The zero-order valence-corrected chi connectivity index (χ0v) is 12.3. The van der Waals surface area contributed by atoms with Crippen molar-refractivity contribution in [2.24, 2.45) is 0 Å². The first-order chi connectivity index (χ1) is 10.0. The first-order valence-corrected chi connectivity index (χ1v) is 6.57. The van der Waals surface area contributed by atoms with Crippen LogP contribution < -0.4 is 9.64 Å². The van der Waals surface area contributed by atoms with Crippen LogP contribution in [0.1, 0.15) is 21.6 Å². The first-order valence-electron chi connectivity index (χ1n) is 6.57.